The van der Waals surface area contributed by atoms with Crippen LogP contribution in [0.1, 0.15) is 33.1 Å². The zero-order chi connectivity index (χ0) is 25.6. The van der Waals surface area contributed by atoms with Gasteiger partial charge in [0.25, 0.3) is 5.91 Å². The highest BCUT2D eigenvalue weighted by Gasteiger charge is 2.33. The van der Waals surface area contributed by atoms with Gasteiger partial charge in [-0.05, 0) is 31.2 Å². The minimum Gasteiger partial charge on any atom is -0.477 e. The van der Waals surface area contributed by atoms with Crippen molar-refractivity contribution >= 4 is 46.1 Å². The number of thioether (sulfide) groups is 1. The lowest BCUT2D eigenvalue weighted by Crippen LogP contribution is -2.51. The molecule has 2 aliphatic heterocycles. The molecule has 2 N–H and O–H groups in total. The van der Waals surface area contributed by atoms with Crippen molar-refractivity contribution in [1.82, 2.24) is 19.8 Å². The Labute approximate surface area is 208 Å². The van der Waals surface area contributed by atoms with Crippen LogP contribution in [0.15, 0.2) is 46.3 Å². The van der Waals surface area contributed by atoms with E-state index >= 15 is 4.39 Å². The van der Waals surface area contributed by atoms with Gasteiger partial charge < -0.3 is 24.8 Å². The topological polar surface area (TPSA) is 125 Å². The molecule has 36 heavy (non-hydrogen) atoms. The van der Waals surface area contributed by atoms with Crippen molar-refractivity contribution in [3.8, 4) is 0 Å². The number of nitrogens with one attached hydrogen (secondary N) is 1. The van der Waals surface area contributed by atoms with Crippen molar-refractivity contribution in [1.29, 1.82) is 0 Å². The van der Waals surface area contributed by atoms with Gasteiger partial charge in [-0.2, -0.15) is 0 Å². The van der Waals surface area contributed by atoms with E-state index in [1.807, 2.05) is 6.92 Å². The third-order valence-corrected chi connectivity index (χ3v) is 7.54. The highest BCUT2D eigenvalue weighted by Crippen LogP contribution is 2.46. The molecule has 12 heteroatoms. The second-order valence-corrected chi connectivity index (χ2v) is 9.79. The van der Waals surface area contributed by atoms with Crippen molar-refractivity contribution in [2.75, 3.05) is 37.6 Å². The number of aromatic carboxylic acids is 1. The molecule has 186 valence electrons. The maximum absolute atomic E-state index is 15.1. The summed E-state index contributed by atoms with van der Waals surface area (Å²) in [4.78, 5) is 56.5. The Balaban J connectivity index is 1.30. The van der Waals surface area contributed by atoms with Gasteiger partial charge in [-0.15, -0.1) is 0 Å². The molecule has 5 rings (SSSR count). The number of carboxylic acids is 1. The Morgan fingerprint density at radius 1 is 1.19 bits per heavy atom. The molecule has 0 saturated carbocycles. The van der Waals surface area contributed by atoms with Crippen LogP contribution >= 0.6 is 11.8 Å². The highest BCUT2D eigenvalue weighted by molar-refractivity contribution is 8.00. The molecule has 1 aromatic carbocycles. The number of amides is 2. The van der Waals surface area contributed by atoms with Crippen molar-refractivity contribution in [3.05, 3.63) is 63.8 Å². The Hall–Kier alpha value is -3.93. The van der Waals surface area contributed by atoms with Gasteiger partial charge >= 0.3 is 5.97 Å². The lowest BCUT2D eigenvalue weighted by Gasteiger charge is -2.37. The number of pyridine rings is 2. The predicted octanol–water partition coefficient (Wildman–Crippen LogP) is 1.94. The molecule has 0 aliphatic carbocycles. The fourth-order valence-electron chi connectivity index (χ4n) is 4.52. The second-order valence-electron chi connectivity index (χ2n) is 8.49. The van der Waals surface area contributed by atoms with Gasteiger partial charge in [0.2, 0.25) is 11.3 Å². The Kier molecular flexibility index (Phi) is 6.12. The molecular formula is C24H22FN5O5S. The van der Waals surface area contributed by atoms with E-state index in [9.17, 15) is 24.3 Å². The average molecular weight is 512 g/mol. The van der Waals surface area contributed by atoms with Crippen molar-refractivity contribution in [2.45, 2.75) is 17.3 Å². The van der Waals surface area contributed by atoms with E-state index < -0.39 is 23.1 Å². The van der Waals surface area contributed by atoms with Crippen molar-refractivity contribution in [3.63, 3.8) is 0 Å². The quantitative estimate of drug-likeness (QED) is 0.533. The van der Waals surface area contributed by atoms with Crippen LogP contribution in [0.3, 0.4) is 0 Å². The van der Waals surface area contributed by atoms with Crippen LogP contribution in [0.25, 0.3) is 10.9 Å². The number of hydrogen-bond acceptors (Lipinski definition) is 7. The molecule has 1 saturated heterocycles. The van der Waals surface area contributed by atoms with Gasteiger partial charge in [0.15, 0.2) is 0 Å². The highest BCUT2D eigenvalue weighted by atomic mass is 32.2. The van der Waals surface area contributed by atoms with E-state index in [4.69, 9.17) is 0 Å². The fraction of sp³-hybridized carbons (Fsp3) is 0.292. The molecule has 0 radical (unpaired) electrons. The predicted molar refractivity (Wildman–Crippen MR) is 131 cm³/mol. The first-order valence-electron chi connectivity index (χ1n) is 11.3. The minimum atomic E-state index is -1.33. The fourth-order valence-corrected chi connectivity index (χ4v) is 5.67. The lowest BCUT2D eigenvalue weighted by molar-refractivity contribution is -0.130. The number of halogens is 1. The summed E-state index contributed by atoms with van der Waals surface area (Å²) in [6.07, 6.45) is 1.50. The van der Waals surface area contributed by atoms with Gasteiger partial charge in [0.05, 0.1) is 28.1 Å². The van der Waals surface area contributed by atoms with Crippen LogP contribution < -0.4 is 15.6 Å². The van der Waals surface area contributed by atoms with E-state index in [2.05, 4.69) is 10.3 Å². The molecule has 3 aromatic rings. The Morgan fingerprint density at radius 3 is 2.58 bits per heavy atom. The smallest absolute Gasteiger partial charge is 0.342 e. The minimum absolute atomic E-state index is 0.0296. The first-order valence-corrected chi connectivity index (χ1v) is 12.2. The molecule has 2 amide bonds. The standard InChI is InChI=1S/C24H22FN5O5S/c1-13-30-17-11-18(15(25)10-14(17)21(32)20(24(34)35)23(30)36-13)28-6-8-29(9-7-28)19(31)12-27-22(33)16-4-2-3-5-26-16/h2-5,10-11,13H,6-9,12H2,1H3,(H,27,33)(H,34,35). The second kappa shape index (κ2) is 9.26. The van der Waals surface area contributed by atoms with Gasteiger partial charge in [-0.25, -0.2) is 9.18 Å². The maximum Gasteiger partial charge on any atom is 0.342 e. The van der Waals surface area contributed by atoms with Crippen LogP contribution in [-0.4, -0.2) is 70.1 Å². The van der Waals surface area contributed by atoms with E-state index in [0.717, 1.165) is 6.07 Å². The number of fused-ring (bicyclic) bond motifs is 3. The van der Waals surface area contributed by atoms with E-state index in [1.165, 1.54) is 18.0 Å². The number of benzene rings is 1. The number of carbonyl (C=O) groups excluding carboxylic acids is 2. The molecule has 1 unspecified atom stereocenters. The molecular weight excluding hydrogens is 489 g/mol. The number of hydrogen-bond donors (Lipinski definition) is 2. The summed E-state index contributed by atoms with van der Waals surface area (Å²) in [6, 6.07) is 7.62. The summed E-state index contributed by atoms with van der Waals surface area (Å²) in [7, 11) is 0. The van der Waals surface area contributed by atoms with Crippen LogP contribution in [0, 0.1) is 5.82 Å². The third-order valence-electron chi connectivity index (χ3n) is 6.36. The molecule has 10 nitrogen and oxygen atoms in total. The molecule has 2 aromatic heterocycles. The number of anilines is 1. The number of piperazine rings is 1. The summed E-state index contributed by atoms with van der Waals surface area (Å²) in [5, 5.41) is 12.4. The lowest BCUT2D eigenvalue weighted by atomic mass is 10.1. The van der Waals surface area contributed by atoms with Gasteiger partial charge in [-0.1, -0.05) is 17.8 Å². The number of nitrogens with zero attached hydrogens (tertiary/aromatic N) is 4. The first-order chi connectivity index (χ1) is 17.3. The van der Waals surface area contributed by atoms with Crippen LogP contribution in [-0.2, 0) is 4.79 Å². The van der Waals surface area contributed by atoms with Crippen LogP contribution in [0.4, 0.5) is 10.1 Å². The van der Waals surface area contributed by atoms with E-state index in [-0.39, 0.29) is 34.5 Å². The zero-order valence-corrected chi connectivity index (χ0v) is 20.0. The van der Waals surface area contributed by atoms with Crippen molar-refractivity contribution in [2.24, 2.45) is 0 Å². The summed E-state index contributed by atoms with van der Waals surface area (Å²) < 4.78 is 16.9. The average Bonchev–Trinajstić information content (AvgIpc) is 2.87. The summed E-state index contributed by atoms with van der Waals surface area (Å²) in [5.74, 6) is -2.64. The normalized spacial score (nSPS) is 16.9. The van der Waals surface area contributed by atoms with Crippen molar-refractivity contribution < 1.29 is 23.9 Å². The molecule has 0 bridgehead atoms. The van der Waals surface area contributed by atoms with Gasteiger partial charge in [0.1, 0.15) is 17.1 Å². The molecule has 2 aliphatic rings. The zero-order valence-electron chi connectivity index (χ0n) is 19.2. The Morgan fingerprint density at radius 2 is 1.94 bits per heavy atom. The summed E-state index contributed by atoms with van der Waals surface area (Å²) in [5.41, 5.74) is -0.0330. The molecule has 4 heterocycles. The van der Waals surface area contributed by atoms with Gasteiger partial charge in [-0.3, -0.25) is 19.4 Å². The SMILES string of the molecule is CC1Sc2c(C(=O)O)c(=O)c3cc(F)c(N4CCN(C(=O)CNC(=O)c5ccccn5)CC4)cc3n21. The third kappa shape index (κ3) is 4.06. The number of aromatic nitrogens is 2. The monoisotopic (exact) mass is 511 g/mol. The first kappa shape index (κ1) is 23.8. The Bertz CT molecular complexity index is 1450. The molecule has 1 fully saturated rings. The number of rotatable bonds is 5. The summed E-state index contributed by atoms with van der Waals surface area (Å²) in [6.45, 7) is 3.09. The van der Waals surface area contributed by atoms with Gasteiger partial charge in [0, 0.05) is 37.8 Å². The van der Waals surface area contributed by atoms with E-state index in [1.54, 1.807) is 38.6 Å². The number of carbonyl (C=O) groups is 3. The van der Waals surface area contributed by atoms with E-state index in [0.29, 0.717) is 42.4 Å². The molecule has 0 spiro atoms. The maximum atomic E-state index is 15.1. The van der Waals surface area contributed by atoms with Crippen LogP contribution in [0.2, 0.25) is 0 Å². The number of carboxylic acid groups (broad SMARTS) is 1. The molecule has 1 atom stereocenters. The van der Waals surface area contributed by atoms with Crippen LogP contribution in [0.5, 0.6) is 0 Å². The largest absolute Gasteiger partial charge is 0.477 e. The summed E-state index contributed by atoms with van der Waals surface area (Å²) >= 11 is 1.29.